The standard InChI is InChI=1S/C28H59N2O6P/c1-3-5-7-9-11-13-15-17-19-21-27(31)26(25-36-37(33,34)35-24-23-29)30-28(32)22-20-18-16-14-12-10-8-6-4-2/h26-27,31H,3-25,29H2,1-2H3,(H,30,32)(H,33,34). The van der Waals surface area contributed by atoms with Crippen LogP contribution in [0.2, 0.25) is 0 Å². The van der Waals surface area contributed by atoms with Gasteiger partial charge < -0.3 is 21.1 Å². The lowest BCUT2D eigenvalue weighted by Gasteiger charge is -2.25. The molecule has 0 spiro atoms. The van der Waals surface area contributed by atoms with Gasteiger partial charge in [0.05, 0.1) is 25.4 Å². The summed E-state index contributed by atoms with van der Waals surface area (Å²) in [4.78, 5) is 22.3. The van der Waals surface area contributed by atoms with Gasteiger partial charge in [-0.3, -0.25) is 13.8 Å². The maximum Gasteiger partial charge on any atom is 0.472 e. The highest BCUT2D eigenvalue weighted by Crippen LogP contribution is 2.43. The summed E-state index contributed by atoms with van der Waals surface area (Å²) >= 11 is 0. The van der Waals surface area contributed by atoms with Gasteiger partial charge in [-0.25, -0.2) is 4.57 Å². The van der Waals surface area contributed by atoms with Crippen LogP contribution in [-0.4, -0.2) is 47.8 Å². The van der Waals surface area contributed by atoms with Gasteiger partial charge in [0.1, 0.15) is 0 Å². The fourth-order valence-corrected chi connectivity index (χ4v) is 5.13. The molecule has 0 bridgehead atoms. The highest BCUT2D eigenvalue weighted by molar-refractivity contribution is 7.47. The molecule has 0 aliphatic heterocycles. The van der Waals surface area contributed by atoms with Crippen LogP contribution in [0, 0.1) is 0 Å². The molecule has 0 rings (SSSR count). The molecule has 8 nitrogen and oxygen atoms in total. The molecule has 0 aromatic rings. The molecule has 0 saturated carbocycles. The molecule has 222 valence electrons. The molecule has 0 radical (unpaired) electrons. The van der Waals surface area contributed by atoms with Crippen molar-refractivity contribution in [2.24, 2.45) is 5.73 Å². The Bertz CT molecular complexity index is 567. The number of amides is 1. The Morgan fingerprint density at radius 1 is 0.784 bits per heavy atom. The van der Waals surface area contributed by atoms with E-state index in [-0.39, 0.29) is 25.7 Å². The first-order chi connectivity index (χ1) is 17.9. The molecule has 0 aromatic heterocycles. The Kier molecular flexibility index (Phi) is 25.4. The lowest BCUT2D eigenvalue weighted by atomic mass is 10.0. The SMILES string of the molecule is CCCCCCCCCCCC(=O)NC(COP(=O)(O)OCCN)C(O)CCCCCCCCCCC. The van der Waals surface area contributed by atoms with Crippen molar-refractivity contribution in [2.45, 2.75) is 154 Å². The first-order valence-corrected chi connectivity index (χ1v) is 16.6. The van der Waals surface area contributed by atoms with Crippen LogP contribution >= 0.6 is 7.82 Å². The van der Waals surface area contributed by atoms with Gasteiger partial charge in [0.2, 0.25) is 5.91 Å². The number of aliphatic hydroxyl groups excluding tert-OH is 1. The summed E-state index contributed by atoms with van der Waals surface area (Å²) in [7, 11) is -4.29. The summed E-state index contributed by atoms with van der Waals surface area (Å²) in [5.74, 6) is -0.168. The van der Waals surface area contributed by atoms with Crippen LogP contribution in [0.1, 0.15) is 142 Å². The summed E-state index contributed by atoms with van der Waals surface area (Å²) in [5, 5.41) is 13.6. The van der Waals surface area contributed by atoms with Crippen LogP contribution in [0.3, 0.4) is 0 Å². The molecule has 0 heterocycles. The number of hydrogen-bond donors (Lipinski definition) is 4. The van der Waals surface area contributed by atoms with E-state index in [1.54, 1.807) is 0 Å². The van der Waals surface area contributed by atoms with Crippen LogP contribution in [0.4, 0.5) is 0 Å². The van der Waals surface area contributed by atoms with E-state index < -0.39 is 20.0 Å². The van der Waals surface area contributed by atoms with Gasteiger partial charge in [0.25, 0.3) is 0 Å². The molecule has 9 heteroatoms. The number of nitrogens with one attached hydrogen (secondary N) is 1. The monoisotopic (exact) mass is 550 g/mol. The Balaban J connectivity index is 4.39. The van der Waals surface area contributed by atoms with Crippen LogP contribution in [-0.2, 0) is 18.4 Å². The van der Waals surface area contributed by atoms with E-state index in [9.17, 15) is 19.4 Å². The van der Waals surface area contributed by atoms with Crippen molar-refractivity contribution in [1.82, 2.24) is 5.32 Å². The Morgan fingerprint density at radius 2 is 1.24 bits per heavy atom. The number of phosphoric ester groups is 1. The van der Waals surface area contributed by atoms with Crippen molar-refractivity contribution >= 4 is 13.7 Å². The number of carbonyl (C=O) groups excluding carboxylic acids is 1. The van der Waals surface area contributed by atoms with Gasteiger partial charge in [-0.1, -0.05) is 123 Å². The Morgan fingerprint density at radius 3 is 1.73 bits per heavy atom. The van der Waals surface area contributed by atoms with Crippen LogP contribution in [0.25, 0.3) is 0 Å². The summed E-state index contributed by atoms with van der Waals surface area (Å²) < 4.78 is 21.9. The van der Waals surface area contributed by atoms with Crippen molar-refractivity contribution in [3.63, 3.8) is 0 Å². The van der Waals surface area contributed by atoms with E-state index >= 15 is 0 Å². The fourth-order valence-electron chi connectivity index (χ4n) is 4.37. The van der Waals surface area contributed by atoms with Gasteiger partial charge in [-0.15, -0.1) is 0 Å². The second kappa shape index (κ2) is 25.8. The summed E-state index contributed by atoms with van der Waals surface area (Å²) in [6, 6.07) is -0.762. The molecule has 0 fully saturated rings. The van der Waals surface area contributed by atoms with Gasteiger partial charge >= 0.3 is 7.82 Å². The number of carbonyl (C=O) groups is 1. The quantitative estimate of drug-likeness (QED) is 0.0625. The molecular weight excluding hydrogens is 491 g/mol. The van der Waals surface area contributed by atoms with E-state index in [2.05, 4.69) is 19.2 Å². The molecule has 1 amide bonds. The molecule has 0 saturated heterocycles. The predicted molar refractivity (Wildman–Crippen MR) is 152 cm³/mol. The molecule has 3 unspecified atom stereocenters. The highest BCUT2D eigenvalue weighted by Gasteiger charge is 2.27. The van der Waals surface area contributed by atoms with E-state index in [0.717, 1.165) is 38.5 Å². The molecular formula is C28H59N2O6P. The van der Waals surface area contributed by atoms with Crippen molar-refractivity contribution in [2.75, 3.05) is 19.8 Å². The summed E-state index contributed by atoms with van der Waals surface area (Å²) in [6.45, 7) is 4.13. The largest absolute Gasteiger partial charge is 0.472 e. The lowest BCUT2D eigenvalue weighted by molar-refractivity contribution is -0.123. The minimum Gasteiger partial charge on any atom is -0.391 e. The van der Waals surface area contributed by atoms with Gasteiger partial charge in [0.15, 0.2) is 0 Å². The average molecular weight is 551 g/mol. The van der Waals surface area contributed by atoms with Crippen LogP contribution in [0.15, 0.2) is 0 Å². The second-order valence-corrected chi connectivity index (χ2v) is 11.8. The molecule has 5 N–H and O–H groups in total. The molecule has 3 atom stereocenters. The summed E-state index contributed by atoms with van der Waals surface area (Å²) in [5.41, 5.74) is 5.32. The molecule has 0 aromatic carbocycles. The van der Waals surface area contributed by atoms with Crippen LogP contribution < -0.4 is 11.1 Å². The number of hydrogen-bond acceptors (Lipinski definition) is 6. The molecule has 0 aliphatic rings. The third kappa shape index (κ3) is 24.3. The fraction of sp³-hybridized carbons (Fsp3) is 0.964. The normalized spacial score (nSPS) is 14.8. The highest BCUT2D eigenvalue weighted by atomic mass is 31.2. The van der Waals surface area contributed by atoms with E-state index in [0.29, 0.717) is 12.8 Å². The van der Waals surface area contributed by atoms with E-state index in [1.165, 1.54) is 77.0 Å². The van der Waals surface area contributed by atoms with Gasteiger partial charge in [-0.05, 0) is 12.8 Å². The number of phosphoric acid groups is 1. The third-order valence-corrected chi connectivity index (χ3v) is 7.70. The minimum absolute atomic E-state index is 0.0913. The number of aliphatic hydroxyl groups is 1. The first-order valence-electron chi connectivity index (χ1n) is 15.2. The Labute approximate surface area is 227 Å². The number of nitrogens with two attached hydrogens (primary N) is 1. The topological polar surface area (TPSA) is 131 Å². The zero-order valence-corrected chi connectivity index (χ0v) is 24.9. The van der Waals surface area contributed by atoms with Crippen molar-refractivity contribution < 1.29 is 28.4 Å². The third-order valence-electron chi connectivity index (χ3n) is 6.71. The maximum absolute atomic E-state index is 12.5. The van der Waals surface area contributed by atoms with Gasteiger partial charge in [-0.2, -0.15) is 0 Å². The van der Waals surface area contributed by atoms with E-state index in [1.807, 2.05) is 0 Å². The smallest absolute Gasteiger partial charge is 0.391 e. The van der Waals surface area contributed by atoms with Gasteiger partial charge in [0, 0.05) is 13.0 Å². The van der Waals surface area contributed by atoms with Crippen LogP contribution in [0.5, 0.6) is 0 Å². The minimum atomic E-state index is -4.29. The molecule has 0 aliphatic carbocycles. The second-order valence-electron chi connectivity index (χ2n) is 10.3. The summed E-state index contributed by atoms with van der Waals surface area (Å²) in [6.07, 6.45) is 21.1. The first kappa shape index (κ1) is 36.5. The average Bonchev–Trinajstić information content (AvgIpc) is 2.87. The zero-order chi connectivity index (χ0) is 27.6. The number of rotatable bonds is 28. The maximum atomic E-state index is 12.5. The number of unbranched alkanes of at least 4 members (excludes halogenated alkanes) is 16. The Hall–Kier alpha value is -0.500. The lowest BCUT2D eigenvalue weighted by Crippen LogP contribution is -2.46. The predicted octanol–water partition coefficient (Wildman–Crippen LogP) is 6.77. The van der Waals surface area contributed by atoms with Crippen molar-refractivity contribution in [3.8, 4) is 0 Å². The van der Waals surface area contributed by atoms with Crippen molar-refractivity contribution in [1.29, 1.82) is 0 Å². The van der Waals surface area contributed by atoms with E-state index in [4.69, 9.17) is 14.8 Å². The molecule has 37 heavy (non-hydrogen) atoms. The van der Waals surface area contributed by atoms with Crippen molar-refractivity contribution in [3.05, 3.63) is 0 Å². The zero-order valence-electron chi connectivity index (χ0n) is 24.0.